The van der Waals surface area contributed by atoms with E-state index in [4.69, 9.17) is 9.47 Å². The van der Waals surface area contributed by atoms with Crippen LogP contribution in [0.2, 0.25) is 0 Å². The fourth-order valence-corrected chi connectivity index (χ4v) is 3.80. The third-order valence-corrected chi connectivity index (χ3v) is 5.61. The normalized spacial score (nSPS) is 19.1. The minimum atomic E-state index is -0.254. The van der Waals surface area contributed by atoms with Crippen molar-refractivity contribution in [2.45, 2.75) is 64.4 Å². The fraction of sp³-hybridized carbons (Fsp3) is 0.480. The van der Waals surface area contributed by atoms with Crippen molar-refractivity contribution in [2.24, 2.45) is 5.92 Å². The van der Waals surface area contributed by atoms with E-state index in [9.17, 15) is 9.18 Å². The lowest BCUT2D eigenvalue weighted by Crippen LogP contribution is -2.29. The van der Waals surface area contributed by atoms with Gasteiger partial charge in [-0.05, 0) is 67.5 Å². The summed E-state index contributed by atoms with van der Waals surface area (Å²) in [6.45, 7) is 3.04. The van der Waals surface area contributed by atoms with E-state index in [1.807, 2.05) is 12.1 Å². The fourth-order valence-electron chi connectivity index (χ4n) is 3.80. The maximum absolute atomic E-state index is 13.1. The zero-order valence-corrected chi connectivity index (χ0v) is 17.2. The first-order valence-corrected chi connectivity index (χ1v) is 10.8. The highest BCUT2D eigenvalue weighted by Crippen LogP contribution is 2.29. The van der Waals surface area contributed by atoms with Crippen LogP contribution in [0.5, 0.6) is 5.75 Å². The van der Waals surface area contributed by atoms with Crippen molar-refractivity contribution >= 4 is 5.97 Å². The predicted octanol–water partition coefficient (Wildman–Crippen LogP) is 6.55. The summed E-state index contributed by atoms with van der Waals surface area (Å²) >= 11 is 0. The van der Waals surface area contributed by atoms with Crippen LogP contribution < -0.4 is 4.74 Å². The molecule has 0 saturated heterocycles. The zero-order valence-electron chi connectivity index (χ0n) is 17.2. The number of rotatable bonds is 9. The van der Waals surface area contributed by atoms with Gasteiger partial charge in [0, 0.05) is 6.61 Å². The molecule has 0 N–H and O–H groups in total. The molecule has 1 aliphatic rings. The van der Waals surface area contributed by atoms with Crippen molar-refractivity contribution in [3.63, 3.8) is 0 Å². The van der Waals surface area contributed by atoms with E-state index in [-0.39, 0.29) is 23.8 Å². The summed E-state index contributed by atoms with van der Waals surface area (Å²) in [6.07, 6.45) is 8.67. The minimum Gasteiger partial charge on any atom is -0.426 e. The molecule has 3 rings (SSSR count). The Morgan fingerprint density at radius 3 is 2.14 bits per heavy atom. The van der Waals surface area contributed by atoms with E-state index in [1.165, 1.54) is 31.4 Å². The SMILES string of the molecule is CCCCCCOC1CCC(C(=O)Oc2ccc(-c3ccc(F)cc3)cc2)CC1. The van der Waals surface area contributed by atoms with E-state index in [0.29, 0.717) is 5.75 Å². The number of benzene rings is 2. The number of carbonyl (C=O) groups excluding carboxylic acids is 1. The number of carbonyl (C=O) groups is 1. The first-order chi connectivity index (χ1) is 14.2. The Hall–Kier alpha value is -2.20. The second-order valence-corrected chi connectivity index (χ2v) is 7.86. The minimum absolute atomic E-state index is 0.0493. The topological polar surface area (TPSA) is 35.5 Å². The van der Waals surface area contributed by atoms with Crippen LogP contribution in [0, 0.1) is 11.7 Å². The lowest BCUT2D eigenvalue weighted by molar-refractivity contribution is -0.141. The lowest BCUT2D eigenvalue weighted by Gasteiger charge is -2.27. The number of unbranched alkanes of at least 4 members (excludes halogenated alkanes) is 3. The van der Waals surface area contributed by atoms with E-state index >= 15 is 0 Å². The molecule has 1 aliphatic carbocycles. The van der Waals surface area contributed by atoms with E-state index in [0.717, 1.165) is 49.8 Å². The van der Waals surface area contributed by atoms with Gasteiger partial charge in [0.15, 0.2) is 0 Å². The molecule has 3 nitrogen and oxygen atoms in total. The third-order valence-electron chi connectivity index (χ3n) is 5.61. The Morgan fingerprint density at radius 2 is 1.52 bits per heavy atom. The molecule has 0 unspecified atom stereocenters. The first kappa shape index (κ1) is 21.5. The Morgan fingerprint density at radius 1 is 0.897 bits per heavy atom. The summed E-state index contributed by atoms with van der Waals surface area (Å²) in [4.78, 5) is 12.5. The van der Waals surface area contributed by atoms with Crippen molar-refractivity contribution in [1.82, 2.24) is 0 Å². The van der Waals surface area contributed by atoms with Crippen molar-refractivity contribution in [3.05, 3.63) is 54.3 Å². The molecule has 29 heavy (non-hydrogen) atoms. The second kappa shape index (κ2) is 11.1. The Kier molecular flexibility index (Phi) is 8.24. The van der Waals surface area contributed by atoms with Gasteiger partial charge in [-0.25, -0.2) is 4.39 Å². The molecule has 1 fully saturated rings. The highest BCUT2D eigenvalue weighted by atomic mass is 19.1. The highest BCUT2D eigenvalue weighted by molar-refractivity contribution is 5.75. The number of hydrogen-bond acceptors (Lipinski definition) is 3. The molecule has 0 aromatic heterocycles. The Balaban J connectivity index is 1.42. The molecule has 1 saturated carbocycles. The molecule has 0 atom stereocenters. The average molecular weight is 399 g/mol. The maximum atomic E-state index is 13.1. The molecule has 156 valence electrons. The van der Waals surface area contributed by atoms with E-state index in [2.05, 4.69) is 6.92 Å². The van der Waals surface area contributed by atoms with Gasteiger partial charge in [-0.1, -0.05) is 50.5 Å². The summed E-state index contributed by atoms with van der Waals surface area (Å²) in [6, 6.07) is 13.7. The molecule has 0 radical (unpaired) electrons. The van der Waals surface area contributed by atoms with Crippen LogP contribution >= 0.6 is 0 Å². The molecule has 0 amide bonds. The summed E-state index contributed by atoms with van der Waals surface area (Å²) < 4.78 is 24.6. The molecular weight excluding hydrogens is 367 g/mol. The van der Waals surface area contributed by atoms with Crippen molar-refractivity contribution in [2.75, 3.05) is 6.61 Å². The van der Waals surface area contributed by atoms with Crippen molar-refractivity contribution in [3.8, 4) is 16.9 Å². The Labute approximate surface area is 173 Å². The molecule has 0 heterocycles. The van der Waals surface area contributed by atoms with Gasteiger partial charge in [0.25, 0.3) is 0 Å². The smallest absolute Gasteiger partial charge is 0.314 e. The summed E-state index contributed by atoms with van der Waals surface area (Å²) in [5.41, 5.74) is 1.89. The zero-order chi connectivity index (χ0) is 20.5. The molecule has 2 aromatic rings. The average Bonchev–Trinajstić information content (AvgIpc) is 2.75. The molecule has 0 aliphatic heterocycles. The summed E-state index contributed by atoms with van der Waals surface area (Å²) in [5.74, 6) is 0.0960. The second-order valence-electron chi connectivity index (χ2n) is 7.86. The van der Waals surface area contributed by atoms with Gasteiger partial charge in [-0.15, -0.1) is 0 Å². The number of halogens is 1. The molecule has 0 bridgehead atoms. The number of ether oxygens (including phenoxy) is 2. The third kappa shape index (κ3) is 6.67. The van der Waals surface area contributed by atoms with Crippen LogP contribution in [0.15, 0.2) is 48.5 Å². The van der Waals surface area contributed by atoms with Crippen LogP contribution in [0.3, 0.4) is 0 Å². The molecule has 4 heteroatoms. The lowest BCUT2D eigenvalue weighted by atomic mass is 9.87. The van der Waals surface area contributed by atoms with Gasteiger partial charge in [0.05, 0.1) is 12.0 Å². The van der Waals surface area contributed by atoms with Crippen molar-refractivity contribution in [1.29, 1.82) is 0 Å². The monoisotopic (exact) mass is 398 g/mol. The molecular formula is C25H31FO3. The van der Waals surface area contributed by atoms with Crippen LogP contribution in [0.1, 0.15) is 58.3 Å². The van der Waals surface area contributed by atoms with Gasteiger partial charge < -0.3 is 9.47 Å². The molecule has 0 spiro atoms. The van der Waals surface area contributed by atoms with Gasteiger partial charge in [0.2, 0.25) is 0 Å². The van der Waals surface area contributed by atoms with Crippen LogP contribution in [-0.2, 0) is 9.53 Å². The van der Waals surface area contributed by atoms with E-state index in [1.54, 1.807) is 24.3 Å². The molecule has 2 aromatic carbocycles. The quantitative estimate of drug-likeness (QED) is 0.273. The highest BCUT2D eigenvalue weighted by Gasteiger charge is 2.28. The largest absolute Gasteiger partial charge is 0.426 e. The number of hydrogen-bond donors (Lipinski definition) is 0. The Bertz CT molecular complexity index is 747. The maximum Gasteiger partial charge on any atom is 0.314 e. The van der Waals surface area contributed by atoms with Crippen LogP contribution in [-0.4, -0.2) is 18.7 Å². The van der Waals surface area contributed by atoms with Crippen LogP contribution in [0.25, 0.3) is 11.1 Å². The van der Waals surface area contributed by atoms with E-state index < -0.39 is 0 Å². The van der Waals surface area contributed by atoms with Gasteiger partial charge >= 0.3 is 5.97 Å². The standard InChI is InChI=1S/C25H31FO3/c1-2-3-4-5-18-28-23-14-10-21(11-15-23)25(27)29-24-16-8-20(9-17-24)19-6-12-22(26)13-7-19/h6-9,12-13,16-17,21,23H,2-5,10-11,14-15,18H2,1H3. The predicted molar refractivity (Wildman–Crippen MR) is 113 cm³/mol. The first-order valence-electron chi connectivity index (χ1n) is 10.8. The van der Waals surface area contributed by atoms with Gasteiger partial charge in [-0.2, -0.15) is 0 Å². The van der Waals surface area contributed by atoms with Gasteiger partial charge in [-0.3, -0.25) is 4.79 Å². The summed E-state index contributed by atoms with van der Waals surface area (Å²) in [7, 11) is 0. The number of esters is 1. The summed E-state index contributed by atoms with van der Waals surface area (Å²) in [5, 5.41) is 0. The van der Waals surface area contributed by atoms with Gasteiger partial charge in [0.1, 0.15) is 11.6 Å². The van der Waals surface area contributed by atoms with Crippen molar-refractivity contribution < 1.29 is 18.7 Å². The van der Waals surface area contributed by atoms with Crippen LogP contribution in [0.4, 0.5) is 4.39 Å².